The number of carbonyl (C=O) groups is 4. The Balaban J connectivity index is 2.15. The van der Waals surface area contributed by atoms with Crippen LogP contribution < -0.4 is 10.6 Å². The Morgan fingerprint density at radius 1 is 1.19 bits per heavy atom. The van der Waals surface area contributed by atoms with Gasteiger partial charge in [-0.05, 0) is 19.3 Å². The molecule has 0 aliphatic carbocycles. The number of nitrogens with zero attached hydrogens (tertiary/aromatic N) is 1. The van der Waals surface area contributed by atoms with Gasteiger partial charge in [0.2, 0.25) is 5.91 Å². The summed E-state index contributed by atoms with van der Waals surface area (Å²) in [5.74, 6) is -1.71. The minimum absolute atomic E-state index is 0.298. The highest BCUT2D eigenvalue weighted by Crippen LogP contribution is 2.19. The van der Waals surface area contributed by atoms with Gasteiger partial charge < -0.3 is 20.8 Å². The lowest BCUT2D eigenvalue weighted by Gasteiger charge is -2.26. The molecule has 27 heavy (non-hydrogen) atoms. The van der Waals surface area contributed by atoms with Crippen molar-refractivity contribution < 1.29 is 29.4 Å². The van der Waals surface area contributed by atoms with E-state index in [1.165, 1.54) is 17.1 Å². The van der Waals surface area contributed by atoms with E-state index in [4.69, 9.17) is 5.11 Å². The van der Waals surface area contributed by atoms with E-state index in [0.29, 0.717) is 25.9 Å². The van der Waals surface area contributed by atoms with Gasteiger partial charge in [0.1, 0.15) is 6.10 Å². The van der Waals surface area contributed by atoms with Gasteiger partial charge in [0.05, 0.1) is 6.61 Å². The predicted octanol–water partition coefficient (Wildman–Crippen LogP) is -0.793. The highest BCUT2D eigenvalue weighted by Gasteiger charge is 2.32. The fourth-order valence-corrected chi connectivity index (χ4v) is 2.21. The molecule has 0 aromatic rings. The SMILES string of the molecule is CC(C)(CO)[C@@H](O)C(=O)N/C=C/C(=O)NCCCCCN1C(=O)C=CC1=O. The van der Waals surface area contributed by atoms with Gasteiger partial charge in [0.15, 0.2) is 0 Å². The Bertz CT molecular complexity index is 609. The van der Waals surface area contributed by atoms with Crippen molar-refractivity contribution >= 4 is 23.6 Å². The van der Waals surface area contributed by atoms with Crippen LogP contribution in [0.3, 0.4) is 0 Å². The van der Waals surface area contributed by atoms with Crippen LogP contribution in [-0.2, 0) is 19.2 Å². The third-order valence-electron chi connectivity index (χ3n) is 4.11. The lowest BCUT2D eigenvalue weighted by molar-refractivity contribution is -0.137. The molecule has 1 aliphatic heterocycles. The summed E-state index contributed by atoms with van der Waals surface area (Å²) in [5, 5.41) is 23.8. The third-order valence-corrected chi connectivity index (χ3v) is 4.11. The van der Waals surface area contributed by atoms with Crippen molar-refractivity contribution in [1.82, 2.24) is 15.5 Å². The summed E-state index contributed by atoms with van der Waals surface area (Å²) in [4.78, 5) is 47.2. The van der Waals surface area contributed by atoms with E-state index in [-0.39, 0.29) is 18.4 Å². The molecular weight excluding hydrogens is 354 g/mol. The molecule has 9 heteroatoms. The summed E-state index contributed by atoms with van der Waals surface area (Å²) in [6.07, 6.45) is 5.42. The molecule has 0 unspecified atom stereocenters. The molecular formula is C18H27N3O6. The molecule has 0 spiro atoms. The van der Waals surface area contributed by atoms with E-state index in [2.05, 4.69) is 10.6 Å². The number of aliphatic hydroxyl groups is 2. The van der Waals surface area contributed by atoms with Crippen LogP contribution in [0.5, 0.6) is 0 Å². The Morgan fingerprint density at radius 2 is 1.81 bits per heavy atom. The number of amides is 4. The minimum Gasteiger partial charge on any atom is -0.396 e. The highest BCUT2D eigenvalue weighted by atomic mass is 16.3. The van der Waals surface area contributed by atoms with E-state index >= 15 is 0 Å². The summed E-state index contributed by atoms with van der Waals surface area (Å²) in [6.45, 7) is 3.50. The van der Waals surface area contributed by atoms with E-state index in [0.717, 1.165) is 18.7 Å². The molecule has 1 aliphatic rings. The zero-order valence-electron chi connectivity index (χ0n) is 15.6. The maximum Gasteiger partial charge on any atom is 0.253 e. The van der Waals surface area contributed by atoms with Crippen LogP contribution >= 0.6 is 0 Å². The number of imide groups is 1. The van der Waals surface area contributed by atoms with Gasteiger partial charge in [-0.15, -0.1) is 0 Å². The second-order valence-electron chi connectivity index (χ2n) is 6.90. The van der Waals surface area contributed by atoms with Crippen molar-refractivity contribution in [3.8, 4) is 0 Å². The zero-order valence-corrected chi connectivity index (χ0v) is 15.6. The molecule has 1 heterocycles. The van der Waals surface area contributed by atoms with Gasteiger partial charge in [0.25, 0.3) is 17.7 Å². The van der Waals surface area contributed by atoms with Crippen LogP contribution in [0.1, 0.15) is 33.1 Å². The van der Waals surface area contributed by atoms with E-state index in [1.807, 2.05) is 0 Å². The predicted molar refractivity (Wildman–Crippen MR) is 96.9 cm³/mol. The quantitative estimate of drug-likeness (QED) is 0.210. The minimum atomic E-state index is -1.40. The van der Waals surface area contributed by atoms with Crippen LogP contribution in [-0.4, -0.2) is 64.5 Å². The Labute approximate surface area is 158 Å². The smallest absolute Gasteiger partial charge is 0.253 e. The molecule has 4 N–H and O–H groups in total. The monoisotopic (exact) mass is 381 g/mol. The van der Waals surface area contributed by atoms with E-state index in [9.17, 15) is 24.3 Å². The second kappa shape index (κ2) is 10.6. The standard InChI is InChI=1S/C18H27N3O6/c1-18(2,12-22)16(26)17(27)20-10-8-13(23)19-9-4-3-5-11-21-14(24)6-7-15(21)25/h6-8,10,16,22,26H,3-5,9,11-12H2,1-2H3,(H,19,23)(H,20,27)/b10-8+/t16-/m0/s1. The first-order valence-electron chi connectivity index (χ1n) is 8.76. The van der Waals surface area contributed by atoms with Crippen LogP contribution in [0.25, 0.3) is 0 Å². The van der Waals surface area contributed by atoms with Crippen molar-refractivity contribution in [3.05, 3.63) is 24.4 Å². The van der Waals surface area contributed by atoms with Gasteiger partial charge in [-0.3, -0.25) is 24.1 Å². The van der Waals surface area contributed by atoms with Gasteiger partial charge in [-0.25, -0.2) is 0 Å². The summed E-state index contributed by atoms with van der Waals surface area (Å²) in [6, 6.07) is 0. The summed E-state index contributed by atoms with van der Waals surface area (Å²) >= 11 is 0. The molecule has 1 atom stereocenters. The number of rotatable bonds is 11. The molecule has 0 saturated carbocycles. The molecule has 150 valence electrons. The maximum atomic E-state index is 11.7. The zero-order chi connectivity index (χ0) is 20.4. The lowest BCUT2D eigenvalue weighted by Crippen LogP contribution is -2.44. The van der Waals surface area contributed by atoms with Gasteiger partial charge in [-0.2, -0.15) is 0 Å². The lowest BCUT2D eigenvalue weighted by atomic mass is 9.87. The number of hydrogen-bond acceptors (Lipinski definition) is 6. The van der Waals surface area contributed by atoms with Gasteiger partial charge in [-0.1, -0.05) is 13.8 Å². The van der Waals surface area contributed by atoms with Crippen LogP contribution in [0.4, 0.5) is 0 Å². The number of hydrogen-bond donors (Lipinski definition) is 4. The average Bonchev–Trinajstić information content (AvgIpc) is 2.95. The van der Waals surface area contributed by atoms with Crippen LogP contribution in [0.15, 0.2) is 24.4 Å². The summed E-state index contributed by atoms with van der Waals surface area (Å²) < 4.78 is 0. The first-order valence-corrected chi connectivity index (χ1v) is 8.76. The first kappa shape index (κ1) is 22.5. The van der Waals surface area contributed by atoms with Gasteiger partial charge >= 0.3 is 0 Å². The normalized spacial score (nSPS) is 15.5. The maximum absolute atomic E-state index is 11.7. The molecule has 0 fully saturated rings. The average molecular weight is 381 g/mol. The first-order chi connectivity index (χ1) is 12.7. The molecule has 9 nitrogen and oxygen atoms in total. The number of unbranched alkanes of at least 4 members (excludes halogenated alkanes) is 2. The fourth-order valence-electron chi connectivity index (χ4n) is 2.21. The van der Waals surface area contributed by atoms with Crippen molar-refractivity contribution in [2.24, 2.45) is 5.41 Å². The fraction of sp³-hybridized carbons (Fsp3) is 0.556. The van der Waals surface area contributed by atoms with Crippen molar-refractivity contribution in [2.45, 2.75) is 39.2 Å². The topological polar surface area (TPSA) is 136 Å². The molecule has 4 amide bonds. The van der Waals surface area contributed by atoms with Crippen molar-refractivity contribution in [3.63, 3.8) is 0 Å². The second-order valence-corrected chi connectivity index (χ2v) is 6.90. The van der Waals surface area contributed by atoms with Crippen molar-refractivity contribution in [2.75, 3.05) is 19.7 Å². The summed E-state index contributed by atoms with van der Waals surface area (Å²) in [5.41, 5.74) is -0.986. The van der Waals surface area contributed by atoms with Crippen LogP contribution in [0, 0.1) is 5.41 Å². The van der Waals surface area contributed by atoms with E-state index < -0.39 is 23.3 Å². The molecule has 0 bridgehead atoms. The molecule has 0 radical (unpaired) electrons. The van der Waals surface area contributed by atoms with E-state index in [1.54, 1.807) is 13.8 Å². The Kier molecular flexibility index (Phi) is 8.83. The number of carbonyl (C=O) groups excluding carboxylic acids is 4. The molecule has 0 aromatic heterocycles. The molecule has 0 saturated heterocycles. The summed E-state index contributed by atoms with van der Waals surface area (Å²) in [7, 11) is 0. The van der Waals surface area contributed by atoms with Crippen molar-refractivity contribution in [1.29, 1.82) is 0 Å². The Hall–Kier alpha value is -2.52. The number of aliphatic hydroxyl groups excluding tert-OH is 2. The molecule has 1 rings (SSSR count). The van der Waals surface area contributed by atoms with Gasteiger partial charge in [0, 0.05) is 42.9 Å². The Morgan fingerprint density at radius 3 is 2.41 bits per heavy atom. The third kappa shape index (κ3) is 7.32. The van der Waals surface area contributed by atoms with Crippen LogP contribution in [0.2, 0.25) is 0 Å². The highest BCUT2D eigenvalue weighted by molar-refractivity contribution is 6.12. The number of nitrogens with one attached hydrogen (secondary N) is 2. The molecule has 0 aromatic carbocycles. The largest absolute Gasteiger partial charge is 0.396 e.